The average Bonchev–Trinajstić information content (AvgIpc) is 2.30. The Morgan fingerprint density at radius 3 is 2.18 bits per heavy atom. The molecular weight excluding hydrogens is 239 g/mol. The lowest BCUT2D eigenvalue weighted by Crippen LogP contribution is -1.96. The first-order valence-corrected chi connectivity index (χ1v) is 4.51. The van der Waals surface area contributed by atoms with Gasteiger partial charge in [-0.15, -0.1) is 0 Å². The van der Waals surface area contributed by atoms with Crippen molar-refractivity contribution in [2.75, 3.05) is 0 Å². The van der Waals surface area contributed by atoms with Gasteiger partial charge in [0.15, 0.2) is 17.5 Å². The maximum atomic E-state index is 13.3. The Labute approximate surface area is 93.3 Å². The molecule has 0 nitrogen and oxygen atoms in total. The highest BCUT2D eigenvalue weighted by Gasteiger charge is 2.17. The van der Waals surface area contributed by atoms with Gasteiger partial charge in [0.1, 0.15) is 11.6 Å². The SMILES string of the molecule is Fc1[c]cc(F)c(-c2ccc(F)c(F)c2F)c1. The summed E-state index contributed by atoms with van der Waals surface area (Å²) in [6, 6.07) is 4.72. The minimum absolute atomic E-state index is 0.488. The van der Waals surface area contributed by atoms with Crippen LogP contribution in [0.15, 0.2) is 24.3 Å². The van der Waals surface area contributed by atoms with Crippen molar-refractivity contribution < 1.29 is 22.0 Å². The van der Waals surface area contributed by atoms with E-state index in [0.29, 0.717) is 18.2 Å². The molecule has 0 aliphatic rings. The average molecular weight is 243 g/mol. The van der Waals surface area contributed by atoms with Crippen molar-refractivity contribution in [3.05, 3.63) is 59.4 Å². The maximum Gasteiger partial charge on any atom is 0.195 e. The topological polar surface area (TPSA) is 0 Å². The number of hydrogen-bond acceptors (Lipinski definition) is 0. The molecule has 0 amide bonds. The van der Waals surface area contributed by atoms with Gasteiger partial charge in [0.25, 0.3) is 0 Å². The number of halogens is 5. The molecule has 0 spiro atoms. The summed E-state index contributed by atoms with van der Waals surface area (Å²) in [5.41, 5.74) is -1.04. The van der Waals surface area contributed by atoms with E-state index in [1.807, 2.05) is 6.07 Å². The minimum atomic E-state index is -1.73. The highest BCUT2D eigenvalue weighted by molar-refractivity contribution is 5.64. The van der Waals surface area contributed by atoms with Crippen molar-refractivity contribution in [2.45, 2.75) is 0 Å². The van der Waals surface area contributed by atoms with Gasteiger partial charge in [-0.05, 0) is 24.3 Å². The van der Waals surface area contributed by atoms with E-state index in [-0.39, 0.29) is 0 Å². The Bertz CT molecular complexity index is 577. The van der Waals surface area contributed by atoms with Gasteiger partial charge in [0.05, 0.1) is 0 Å². The Hall–Kier alpha value is -1.91. The molecule has 2 aromatic carbocycles. The normalized spacial score (nSPS) is 10.6. The van der Waals surface area contributed by atoms with E-state index in [0.717, 1.165) is 6.07 Å². The first-order valence-electron chi connectivity index (χ1n) is 4.51. The van der Waals surface area contributed by atoms with Crippen LogP contribution >= 0.6 is 0 Å². The molecule has 0 heterocycles. The molecule has 0 fully saturated rings. The Balaban J connectivity index is 2.69. The van der Waals surface area contributed by atoms with Gasteiger partial charge in [0.2, 0.25) is 0 Å². The minimum Gasteiger partial charge on any atom is -0.206 e. The van der Waals surface area contributed by atoms with Gasteiger partial charge < -0.3 is 0 Å². The van der Waals surface area contributed by atoms with E-state index in [1.54, 1.807) is 0 Å². The van der Waals surface area contributed by atoms with Crippen molar-refractivity contribution in [3.8, 4) is 11.1 Å². The summed E-state index contributed by atoms with van der Waals surface area (Å²) in [5.74, 6) is -6.58. The zero-order valence-electron chi connectivity index (χ0n) is 8.20. The fourth-order valence-corrected chi connectivity index (χ4v) is 1.39. The molecule has 0 saturated carbocycles. The van der Waals surface area contributed by atoms with E-state index < -0.39 is 40.2 Å². The lowest BCUT2D eigenvalue weighted by molar-refractivity contribution is 0.448. The molecule has 0 aliphatic heterocycles. The third-order valence-electron chi connectivity index (χ3n) is 2.19. The van der Waals surface area contributed by atoms with Crippen LogP contribution < -0.4 is 0 Å². The second-order valence-corrected chi connectivity index (χ2v) is 3.27. The molecule has 2 rings (SSSR count). The number of rotatable bonds is 1. The van der Waals surface area contributed by atoms with Crippen LogP contribution in [0.4, 0.5) is 22.0 Å². The lowest BCUT2D eigenvalue weighted by Gasteiger charge is -2.06. The van der Waals surface area contributed by atoms with E-state index in [1.165, 1.54) is 0 Å². The molecule has 0 bridgehead atoms. The van der Waals surface area contributed by atoms with Crippen LogP contribution in [0.1, 0.15) is 0 Å². The molecule has 87 valence electrons. The summed E-state index contributed by atoms with van der Waals surface area (Å²) in [7, 11) is 0. The third kappa shape index (κ3) is 2.00. The monoisotopic (exact) mass is 243 g/mol. The van der Waals surface area contributed by atoms with Gasteiger partial charge >= 0.3 is 0 Å². The highest BCUT2D eigenvalue weighted by atomic mass is 19.2. The van der Waals surface area contributed by atoms with Crippen LogP contribution in [0.5, 0.6) is 0 Å². The van der Waals surface area contributed by atoms with Crippen molar-refractivity contribution in [2.24, 2.45) is 0 Å². The molecule has 0 aliphatic carbocycles. The van der Waals surface area contributed by atoms with E-state index in [9.17, 15) is 22.0 Å². The molecule has 5 heteroatoms. The van der Waals surface area contributed by atoms with E-state index in [2.05, 4.69) is 0 Å². The Morgan fingerprint density at radius 2 is 1.47 bits per heavy atom. The predicted octanol–water partition coefficient (Wildman–Crippen LogP) is 3.85. The summed E-state index contributed by atoms with van der Waals surface area (Å²) in [6.07, 6.45) is 0. The summed E-state index contributed by atoms with van der Waals surface area (Å²) < 4.78 is 65.1. The first-order chi connectivity index (χ1) is 8.00. The fourth-order valence-electron chi connectivity index (χ4n) is 1.39. The molecule has 0 N–H and O–H groups in total. The van der Waals surface area contributed by atoms with Crippen LogP contribution in [-0.2, 0) is 0 Å². The second kappa shape index (κ2) is 4.16. The Kier molecular flexibility index (Phi) is 2.83. The van der Waals surface area contributed by atoms with Crippen LogP contribution in [0.2, 0.25) is 0 Å². The first kappa shape index (κ1) is 11.6. The van der Waals surface area contributed by atoms with Crippen molar-refractivity contribution in [1.82, 2.24) is 0 Å². The molecule has 1 radical (unpaired) electrons. The molecule has 0 saturated heterocycles. The third-order valence-corrected chi connectivity index (χ3v) is 2.19. The van der Waals surface area contributed by atoms with Gasteiger partial charge in [0, 0.05) is 17.2 Å². The summed E-state index contributed by atoms with van der Waals surface area (Å²) in [5, 5.41) is 0. The predicted molar refractivity (Wildman–Crippen MR) is 50.5 cm³/mol. The maximum absolute atomic E-state index is 13.3. The number of benzene rings is 2. The molecule has 0 atom stereocenters. The van der Waals surface area contributed by atoms with Gasteiger partial charge in [-0.1, -0.05) is 0 Å². The van der Waals surface area contributed by atoms with E-state index >= 15 is 0 Å². The van der Waals surface area contributed by atoms with Crippen molar-refractivity contribution in [3.63, 3.8) is 0 Å². The molecule has 17 heavy (non-hydrogen) atoms. The molecule has 0 aromatic heterocycles. The zero-order valence-corrected chi connectivity index (χ0v) is 8.20. The largest absolute Gasteiger partial charge is 0.206 e. The number of hydrogen-bond donors (Lipinski definition) is 0. The smallest absolute Gasteiger partial charge is 0.195 e. The standard InChI is InChI=1S/C12H4F5/c13-6-1-3-9(14)8(5-6)7-2-4-10(15)12(17)11(7)16/h2-5H. The van der Waals surface area contributed by atoms with Crippen molar-refractivity contribution >= 4 is 0 Å². The molecular formula is C12H4F5. The van der Waals surface area contributed by atoms with Crippen molar-refractivity contribution in [1.29, 1.82) is 0 Å². The Morgan fingerprint density at radius 1 is 0.765 bits per heavy atom. The van der Waals surface area contributed by atoms with Gasteiger partial charge in [-0.2, -0.15) is 0 Å². The van der Waals surface area contributed by atoms with Crippen LogP contribution in [0.25, 0.3) is 11.1 Å². The van der Waals surface area contributed by atoms with Crippen LogP contribution in [0, 0.1) is 35.2 Å². The molecule has 2 aromatic rings. The summed E-state index contributed by atoms with van der Waals surface area (Å²) >= 11 is 0. The molecule has 0 unspecified atom stereocenters. The van der Waals surface area contributed by atoms with Crippen LogP contribution in [-0.4, -0.2) is 0 Å². The van der Waals surface area contributed by atoms with Gasteiger partial charge in [-0.25, -0.2) is 22.0 Å². The summed E-state index contributed by atoms with van der Waals surface area (Å²) in [4.78, 5) is 0. The highest BCUT2D eigenvalue weighted by Crippen LogP contribution is 2.28. The fraction of sp³-hybridized carbons (Fsp3) is 0. The summed E-state index contributed by atoms with van der Waals surface area (Å²) in [6.45, 7) is 0. The second-order valence-electron chi connectivity index (χ2n) is 3.27. The van der Waals surface area contributed by atoms with E-state index in [4.69, 9.17) is 0 Å². The zero-order chi connectivity index (χ0) is 12.6. The van der Waals surface area contributed by atoms with Gasteiger partial charge in [-0.3, -0.25) is 0 Å². The lowest BCUT2D eigenvalue weighted by atomic mass is 10.0. The quantitative estimate of drug-likeness (QED) is 0.527. The van der Waals surface area contributed by atoms with Crippen LogP contribution in [0.3, 0.4) is 0 Å².